The van der Waals surface area contributed by atoms with E-state index < -0.39 is 29.3 Å². The van der Waals surface area contributed by atoms with Gasteiger partial charge in [0.2, 0.25) is 11.7 Å². The smallest absolute Gasteiger partial charge is 0.419 e. The Hall–Kier alpha value is -2.84. The molecule has 0 aliphatic carbocycles. The van der Waals surface area contributed by atoms with E-state index in [-0.39, 0.29) is 11.7 Å². The van der Waals surface area contributed by atoms with Gasteiger partial charge in [-0.3, -0.25) is 0 Å². The van der Waals surface area contributed by atoms with Gasteiger partial charge in [-0.15, -0.1) is 0 Å². The van der Waals surface area contributed by atoms with Crippen LogP contribution in [0.1, 0.15) is 16.2 Å². The minimum absolute atomic E-state index is 0.192. The van der Waals surface area contributed by atoms with Gasteiger partial charge in [-0.2, -0.15) is 18.2 Å². The van der Waals surface area contributed by atoms with Crippen molar-refractivity contribution in [2.75, 3.05) is 19.0 Å². The molecule has 0 aliphatic heterocycles. The number of hydrogen-bond acceptors (Lipinski definition) is 5. The molecule has 2 aromatic rings. The number of nitrogens with zero attached hydrogens (tertiary/aromatic N) is 3. The number of alkyl halides is 3. The molecule has 0 spiro atoms. The highest BCUT2D eigenvalue weighted by Gasteiger charge is 2.34. The molecule has 0 fully saturated rings. The van der Waals surface area contributed by atoms with Crippen LogP contribution in [0.3, 0.4) is 0 Å². The van der Waals surface area contributed by atoms with E-state index in [9.17, 15) is 18.0 Å². The van der Waals surface area contributed by atoms with Gasteiger partial charge >= 0.3 is 12.1 Å². The second-order valence-electron chi connectivity index (χ2n) is 4.68. The number of halogens is 3. The zero-order chi connectivity index (χ0) is 17.2. The fourth-order valence-electron chi connectivity index (χ4n) is 1.69. The van der Waals surface area contributed by atoms with Crippen LogP contribution in [0.2, 0.25) is 0 Å². The Morgan fingerprint density at radius 1 is 1.22 bits per heavy atom. The molecule has 0 unspecified atom stereocenters. The molecule has 6 nitrogen and oxygen atoms in total. The first-order chi connectivity index (χ1) is 10.7. The second-order valence-corrected chi connectivity index (χ2v) is 4.68. The molecule has 122 valence electrons. The fourth-order valence-corrected chi connectivity index (χ4v) is 1.69. The molecule has 0 amide bonds. The topological polar surface area (TPSA) is 75.5 Å². The monoisotopic (exact) mass is 327 g/mol. The molecule has 1 aromatic heterocycles. The van der Waals surface area contributed by atoms with Gasteiger partial charge in [0.05, 0.1) is 5.56 Å². The van der Waals surface area contributed by atoms with Crippen LogP contribution in [0.5, 0.6) is 11.6 Å². The van der Waals surface area contributed by atoms with Crippen molar-refractivity contribution in [1.29, 1.82) is 0 Å². The lowest BCUT2D eigenvalue weighted by molar-refractivity contribution is -0.138. The maximum absolute atomic E-state index is 13.0. The van der Waals surface area contributed by atoms with Gasteiger partial charge in [0.25, 0.3) is 0 Å². The molecular weight excluding hydrogens is 315 g/mol. The van der Waals surface area contributed by atoms with Gasteiger partial charge in [-0.1, -0.05) is 12.1 Å². The third-order valence-corrected chi connectivity index (χ3v) is 2.75. The van der Waals surface area contributed by atoms with E-state index in [2.05, 4.69) is 9.97 Å². The first-order valence-corrected chi connectivity index (χ1v) is 6.32. The predicted molar refractivity (Wildman–Crippen MR) is 74.8 cm³/mol. The van der Waals surface area contributed by atoms with Gasteiger partial charge in [0.15, 0.2) is 0 Å². The quantitative estimate of drug-likeness (QED) is 0.930. The average Bonchev–Trinajstić information content (AvgIpc) is 2.46. The lowest BCUT2D eigenvalue weighted by atomic mass is 10.2. The molecule has 0 atom stereocenters. The zero-order valence-electron chi connectivity index (χ0n) is 12.1. The van der Waals surface area contributed by atoms with E-state index in [0.29, 0.717) is 0 Å². The average molecular weight is 327 g/mol. The van der Waals surface area contributed by atoms with Crippen LogP contribution in [-0.2, 0) is 6.18 Å². The molecule has 9 heteroatoms. The van der Waals surface area contributed by atoms with Crippen LogP contribution < -0.4 is 9.64 Å². The molecule has 23 heavy (non-hydrogen) atoms. The summed E-state index contributed by atoms with van der Waals surface area (Å²) in [6.07, 6.45) is -4.61. The van der Waals surface area contributed by atoms with Crippen molar-refractivity contribution in [1.82, 2.24) is 9.97 Å². The van der Waals surface area contributed by atoms with Crippen molar-refractivity contribution in [3.05, 3.63) is 41.7 Å². The van der Waals surface area contributed by atoms with Gasteiger partial charge in [0, 0.05) is 20.2 Å². The maximum atomic E-state index is 13.0. The molecule has 0 radical (unpaired) electrons. The zero-order valence-corrected chi connectivity index (χ0v) is 12.1. The molecule has 1 aromatic carbocycles. The number of benzene rings is 1. The lowest BCUT2D eigenvalue weighted by Crippen LogP contribution is -2.15. The van der Waals surface area contributed by atoms with Crippen LogP contribution >= 0.6 is 0 Å². The summed E-state index contributed by atoms with van der Waals surface area (Å²) in [4.78, 5) is 19.9. The van der Waals surface area contributed by atoms with Crippen LogP contribution in [0, 0.1) is 0 Å². The Morgan fingerprint density at radius 2 is 1.87 bits per heavy atom. The predicted octanol–water partition coefficient (Wildman–Crippen LogP) is 3.05. The Bertz CT molecular complexity index is 733. The molecule has 0 saturated carbocycles. The molecule has 1 N–H and O–H groups in total. The summed E-state index contributed by atoms with van der Waals surface area (Å²) in [5.41, 5.74) is -0.984. The summed E-state index contributed by atoms with van der Waals surface area (Å²) < 4.78 is 44.0. The minimum atomic E-state index is -4.61. The Morgan fingerprint density at radius 3 is 2.43 bits per heavy atom. The number of carboxylic acids is 1. The number of aromatic carboxylic acids is 1. The molecule has 0 bridgehead atoms. The van der Waals surface area contributed by atoms with Crippen molar-refractivity contribution >= 4 is 11.8 Å². The lowest BCUT2D eigenvalue weighted by Gasteiger charge is -2.15. The van der Waals surface area contributed by atoms with Crippen molar-refractivity contribution in [2.24, 2.45) is 0 Å². The number of hydrogen-bond donors (Lipinski definition) is 1. The molecular formula is C14H12F3N3O3. The van der Waals surface area contributed by atoms with Crippen molar-refractivity contribution < 1.29 is 27.8 Å². The maximum Gasteiger partial charge on any atom is 0.419 e. The third-order valence-electron chi connectivity index (χ3n) is 2.75. The number of para-hydroxylation sites is 1. The highest BCUT2D eigenvalue weighted by molar-refractivity contribution is 5.83. The summed E-state index contributed by atoms with van der Waals surface area (Å²) in [6.45, 7) is 0. The number of anilines is 1. The minimum Gasteiger partial charge on any atom is -0.475 e. The van der Waals surface area contributed by atoms with Crippen LogP contribution in [0.15, 0.2) is 30.3 Å². The van der Waals surface area contributed by atoms with Crippen molar-refractivity contribution in [2.45, 2.75) is 6.18 Å². The SMILES string of the molecule is CN(C)c1cc(Oc2ccccc2C(F)(F)F)nc(C(=O)O)n1. The summed E-state index contributed by atoms with van der Waals surface area (Å²) in [6, 6.07) is 5.84. The van der Waals surface area contributed by atoms with Crippen LogP contribution in [0.25, 0.3) is 0 Å². The highest BCUT2D eigenvalue weighted by atomic mass is 19.4. The second kappa shape index (κ2) is 6.11. The van der Waals surface area contributed by atoms with Gasteiger partial charge in [-0.25, -0.2) is 9.78 Å². The Labute approximate surface area is 129 Å². The fraction of sp³-hybridized carbons (Fsp3) is 0.214. The number of ether oxygens (including phenoxy) is 1. The van der Waals surface area contributed by atoms with Crippen molar-refractivity contribution in [3.63, 3.8) is 0 Å². The summed E-state index contributed by atoms with van der Waals surface area (Å²) >= 11 is 0. The molecule has 0 aliphatic rings. The number of carboxylic acid groups (broad SMARTS) is 1. The third kappa shape index (κ3) is 3.87. The molecule has 0 saturated heterocycles. The summed E-state index contributed by atoms with van der Waals surface area (Å²) in [5, 5.41) is 8.99. The number of aromatic nitrogens is 2. The number of carbonyl (C=O) groups is 1. The van der Waals surface area contributed by atoms with Crippen LogP contribution in [0.4, 0.5) is 19.0 Å². The number of rotatable bonds is 4. The van der Waals surface area contributed by atoms with E-state index in [0.717, 1.165) is 12.1 Å². The van der Waals surface area contributed by atoms with Crippen LogP contribution in [-0.4, -0.2) is 35.1 Å². The van der Waals surface area contributed by atoms with E-state index in [4.69, 9.17) is 9.84 Å². The highest BCUT2D eigenvalue weighted by Crippen LogP contribution is 2.37. The van der Waals surface area contributed by atoms with E-state index in [1.807, 2.05) is 0 Å². The summed E-state index contributed by atoms with van der Waals surface area (Å²) in [5.74, 6) is -2.56. The first-order valence-electron chi connectivity index (χ1n) is 6.32. The molecule has 1 heterocycles. The van der Waals surface area contributed by atoms with Gasteiger partial charge in [0.1, 0.15) is 11.6 Å². The van der Waals surface area contributed by atoms with E-state index >= 15 is 0 Å². The molecule has 2 rings (SSSR count). The largest absolute Gasteiger partial charge is 0.475 e. The van der Waals surface area contributed by atoms with E-state index in [1.165, 1.54) is 23.1 Å². The Kier molecular flexibility index (Phi) is 4.39. The Balaban J connectivity index is 2.47. The van der Waals surface area contributed by atoms with E-state index in [1.54, 1.807) is 14.1 Å². The standard InChI is InChI=1S/C14H12F3N3O3/c1-20(2)10-7-11(19-12(18-10)13(21)22)23-9-6-4-3-5-8(9)14(15,16)17/h3-7H,1-2H3,(H,21,22). The van der Waals surface area contributed by atoms with Crippen molar-refractivity contribution in [3.8, 4) is 11.6 Å². The normalized spacial score (nSPS) is 11.2. The summed E-state index contributed by atoms with van der Waals surface area (Å²) in [7, 11) is 3.20. The van der Waals surface area contributed by atoms with Gasteiger partial charge in [-0.05, 0) is 12.1 Å². The van der Waals surface area contributed by atoms with Gasteiger partial charge < -0.3 is 14.7 Å². The first kappa shape index (κ1) is 16.5.